The van der Waals surface area contributed by atoms with Gasteiger partial charge in [0.1, 0.15) is 0 Å². The molecule has 0 aliphatic carbocycles. The highest BCUT2D eigenvalue weighted by Crippen LogP contribution is 2.33. The van der Waals surface area contributed by atoms with Crippen LogP contribution in [0.4, 0.5) is 5.69 Å². The van der Waals surface area contributed by atoms with Crippen LogP contribution in [0.15, 0.2) is 42.2 Å². The van der Waals surface area contributed by atoms with Crippen molar-refractivity contribution < 1.29 is 0 Å². The third kappa shape index (κ3) is 1.25. The number of benzene rings is 1. The van der Waals surface area contributed by atoms with Gasteiger partial charge in [-0.15, -0.1) is 0 Å². The van der Waals surface area contributed by atoms with Crippen LogP contribution >= 0.6 is 0 Å². The molecular weight excluding hydrogens is 184 g/mol. The lowest BCUT2D eigenvalue weighted by Crippen LogP contribution is -2.27. The Kier molecular flexibility index (Phi) is 1.81. The van der Waals surface area contributed by atoms with Gasteiger partial charge in [0.25, 0.3) is 0 Å². The first-order chi connectivity index (χ1) is 7.38. The van der Waals surface area contributed by atoms with E-state index in [9.17, 15) is 0 Å². The van der Waals surface area contributed by atoms with Gasteiger partial charge in [-0.3, -0.25) is 0 Å². The molecule has 1 aromatic rings. The summed E-state index contributed by atoms with van der Waals surface area (Å²) in [5, 5.41) is 0. The van der Waals surface area contributed by atoms with Gasteiger partial charge in [0.05, 0.1) is 18.1 Å². The van der Waals surface area contributed by atoms with Gasteiger partial charge in [0.2, 0.25) is 0 Å². The maximum absolute atomic E-state index is 2.36. The zero-order valence-corrected chi connectivity index (χ0v) is 8.85. The van der Waals surface area contributed by atoms with Crippen LogP contribution in [-0.2, 0) is 0 Å². The maximum Gasteiger partial charge on any atom is 0.0948 e. The number of hydrogen-bond acceptors (Lipinski definition) is 2. The molecule has 0 unspecified atom stereocenters. The highest BCUT2D eigenvalue weighted by atomic mass is 15.4. The summed E-state index contributed by atoms with van der Waals surface area (Å²) in [6, 6.07) is 8.54. The third-order valence-electron chi connectivity index (χ3n) is 3.02. The molecule has 0 fully saturated rings. The van der Waals surface area contributed by atoms with E-state index in [1.54, 1.807) is 0 Å². The Labute approximate surface area is 90.1 Å². The second-order valence-corrected chi connectivity index (χ2v) is 3.92. The summed E-state index contributed by atoms with van der Waals surface area (Å²) in [7, 11) is 0. The van der Waals surface area contributed by atoms with Crippen molar-refractivity contribution in [3.8, 4) is 0 Å². The van der Waals surface area contributed by atoms with Gasteiger partial charge < -0.3 is 9.80 Å². The van der Waals surface area contributed by atoms with Crippen LogP contribution in [-0.4, -0.2) is 18.1 Å². The van der Waals surface area contributed by atoms with E-state index in [2.05, 4.69) is 59.3 Å². The van der Waals surface area contributed by atoms with Crippen LogP contribution in [0.2, 0.25) is 0 Å². The Morgan fingerprint density at radius 1 is 1.20 bits per heavy atom. The van der Waals surface area contributed by atoms with Gasteiger partial charge in [0, 0.05) is 12.7 Å². The first kappa shape index (κ1) is 8.60. The zero-order chi connectivity index (χ0) is 10.3. The highest BCUT2D eigenvalue weighted by Gasteiger charge is 2.23. The molecule has 2 heterocycles. The van der Waals surface area contributed by atoms with Gasteiger partial charge in [-0.1, -0.05) is 24.3 Å². The summed E-state index contributed by atoms with van der Waals surface area (Å²) in [5.74, 6) is 0. The Morgan fingerprint density at radius 3 is 2.93 bits per heavy atom. The summed E-state index contributed by atoms with van der Waals surface area (Å²) in [4.78, 5) is 4.68. The minimum atomic E-state index is 0.979. The normalized spacial score (nSPS) is 17.5. The van der Waals surface area contributed by atoms with E-state index in [4.69, 9.17) is 0 Å². The number of allylic oxidation sites excluding steroid dienone is 1. The number of para-hydroxylation sites is 1. The topological polar surface area (TPSA) is 6.48 Å². The monoisotopic (exact) mass is 198 g/mol. The number of anilines is 1. The second kappa shape index (κ2) is 3.16. The van der Waals surface area contributed by atoms with Crippen molar-refractivity contribution >= 4 is 11.8 Å². The molecule has 2 aliphatic heterocycles. The zero-order valence-electron chi connectivity index (χ0n) is 8.85. The fraction of sp³-hybridized carbons (Fsp3) is 0.231. The van der Waals surface area contributed by atoms with Crippen molar-refractivity contribution in [1.29, 1.82) is 0 Å². The minimum Gasteiger partial charge on any atom is -0.358 e. The molecule has 0 spiro atoms. The van der Waals surface area contributed by atoms with Crippen LogP contribution in [0.25, 0.3) is 6.08 Å². The third-order valence-corrected chi connectivity index (χ3v) is 3.02. The van der Waals surface area contributed by atoms with Crippen molar-refractivity contribution in [3.05, 3.63) is 47.8 Å². The molecule has 76 valence electrons. The molecule has 3 rings (SSSR count). The SMILES string of the molecule is CCN1C=C2C=Cc3ccccc3N2C1. The molecule has 2 nitrogen and oxygen atoms in total. The summed E-state index contributed by atoms with van der Waals surface area (Å²) in [6.45, 7) is 4.23. The van der Waals surface area contributed by atoms with Crippen LogP contribution in [0, 0.1) is 0 Å². The highest BCUT2D eigenvalue weighted by molar-refractivity contribution is 5.76. The molecule has 0 atom stereocenters. The second-order valence-electron chi connectivity index (χ2n) is 3.92. The van der Waals surface area contributed by atoms with Crippen molar-refractivity contribution in [2.75, 3.05) is 18.1 Å². The van der Waals surface area contributed by atoms with Crippen molar-refractivity contribution in [3.63, 3.8) is 0 Å². The quantitative estimate of drug-likeness (QED) is 0.684. The first-order valence-electron chi connectivity index (χ1n) is 5.39. The molecule has 2 heteroatoms. The van der Waals surface area contributed by atoms with E-state index in [-0.39, 0.29) is 0 Å². The Bertz CT molecular complexity index is 446. The molecule has 0 aromatic heterocycles. The number of hydrogen-bond donors (Lipinski definition) is 0. The summed E-state index contributed by atoms with van der Waals surface area (Å²) in [5.41, 5.74) is 3.94. The Hall–Kier alpha value is -1.70. The van der Waals surface area contributed by atoms with Gasteiger partial charge in [-0.2, -0.15) is 0 Å². The van der Waals surface area contributed by atoms with E-state index >= 15 is 0 Å². The summed E-state index contributed by atoms with van der Waals surface area (Å²) < 4.78 is 0. The smallest absolute Gasteiger partial charge is 0.0948 e. The van der Waals surface area contributed by atoms with E-state index in [0.29, 0.717) is 0 Å². The molecule has 0 radical (unpaired) electrons. The van der Waals surface area contributed by atoms with Crippen LogP contribution in [0.5, 0.6) is 0 Å². The van der Waals surface area contributed by atoms with E-state index in [1.807, 2.05) is 0 Å². The fourth-order valence-electron chi connectivity index (χ4n) is 2.15. The molecule has 0 saturated carbocycles. The van der Waals surface area contributed by atoms with E-state index in [1.165, 1.54) is 16.9 Å². The Balaban J connectivity index is 2.05. The molecule has 2 aliphatic rings. The Morgan fingerprint density at radius 2 is 2.07 bits per heavy atom. The summed E-state index contributed by atoms with van der Waals surface area (Å²) >= 11 is 0. The van der Waals surface area contributed by atoms with Gasteiger partial charge in [-0.05, 0) is 24.6 Å². The molecular formula is C13H14N2. The van der Waals surface area contributed by atoms with Crippen molar-refractivity contribution in [2.24, 2.45) is 0 Å². The van der Waals surface area contributed by atoms with E-state index < -0.39 is 0 Å². The maximum atomic E-state index is 2.36. The number of fused-ring (bicyclic) bond motifs is 3. The van der Waals surface area contributed by atoms with Crippen molar-refractivity contribution in [1.82, 2.24) is 4.90 Å². The van der Waals surface area contributed by atoms with Gasteiger partial charge in [0.15, 0.2) is 0 Å². The molecule has 0 amide bonds. The predicted molar refractivity (Wildman–Crippen MR) is 63.3 cm³/mol. The molecule has 1 aromatic carbocycles. The lowest BCUT2D eigenvalue weighted by molar-refractivity contribution is 0.429. The van der Waals surface area contributed by atoms with Gasteiger partial charge in [-0.25, -0.2) is 0 Å². The molecule has 0 saturated heterocycles. The lowest BCUT2D eigenvalue weighted by atomic mass is 10.1. The minimum absolute atomic E-state index is 0.979. The van der Waals surface area contributed by atoms with E-state index in [0.717, 1.165) is 13.2 Å². The summed E-state index contributed by atoms with van der Waals surface area (Å²) in [6.07, 6.45) is 6.61. The average molecular weight is 198 g/mol. The van der Waals surface area contributed by atoms with Crippen LogP contribution in [0.3, 0.4) is 0 Å². The molecule has 0 bridgehead atoms. The number of rotatable bonds is 1. The standard InChI is InChI=1S/C13H14N2/c1-2-14-9-12-8-7-11-5-3-4-6-13(11)15(12)10-14/h3-9H,2,10H2,1H3. The van der Waals surface area contributed by atoms with Crippen molar-refractivity contribution in [2.45, 2.75) is 6.92 Å². The fourth-order valence-corrected chi connectivity index (χ4v) is 2.15. The van der Waals surface area contributed by atoms with Gasteiger partial charge >= 0.3 is 0 Å². The largest absolute Gasteiger partial charge is 0.358 e. The van der Waals surface area contributed by atoms with Crippen LogP contribution in [0.1, 0.15) is 12.5 Å². The van der Waals surface area contributed by atoms with Crippen LogP contribution < -0.4 is 4.90 Å². The number of nitrogens with zero attached hydrogens (tertiary/aromatic N) is 2. The molecule has 15 heavy (non-hydrogen) atoms. The lowest BCUT2D eigenvalue weighted by Gasteiger charge is -2.26. The molecule has 0 N–H and O–H groups in total. The first-order valence-corrected chi connectivity index (χ1v) is 5.39. The predicted octanol–water partition coefficient (Wildman–Crippen LogP) is 2.65. The average Bonchev–Trinajstić information content (AvgIpc) is 2.72.